The third-order valence-corrected chi connectivity index (χ3v) is 4.43. The van der Waals surface area contributed by atoms with E-state index in [2.05, 4.69) is 26.1 Å². The number of hydrogen-bond donors (Lipinski definition) is 1. The van der Waals surface area contributed by atoms with Gasteiger partial charge in [-0.15, -0.1) is 0 Å². The lowest BCUT2D eigenvalue weighted by Gasteiger charge is -2.37. The number of carbonyl (C=O) groups excluding carboxylic acids is 3. The third kappa shape index (κ3) is 4.14. The number of hydrogen-bond acceptors (Lipinski definition) is 3. The maximum absolute atomic E-state index is 13.1. The minimum absolute atomic E-state index is 0.0517. The van der Waals surface area contributed by atoms with Crippen LogP contribution in [0.5, 0.6) is 0 Å². The molecule has 0 saturated heterocycles. The summed E-state index contributed by atoms with van der Waals surface area (Å²) in [5, 5.41) is 3.09. The number of para-hydroxylation sites is 1. The number of rotatable bonds is 5. The van der Waals surface area contributed by atoms with E-state index in [1.165, 1.54) is 4.90 Å². The second kappa shape index (κ2) is 6.86. The van der Waals surface area contributed by atoms with Gasteiger partial charge in [-0.3, -0.25) is 19.3 Å². The van der Waals surface area contributed by atoms with Crippen molar-refractivity contribution in [3.63, 3.8) is 0 Å². The zero-order valence-electron chi connectivity index (χ0n) is 16.8. The number of anilines is 1. The van der Waals surface area contributed by atoms with E-state index in [-0.39, 0.29) is 17.2 Å². The highest BCUT2D eigenvalue weighted by molar-refractivity contribution is 6.52. The van der Waals surface area contributed by atoms with Gasteiger partial charge in [0.15, 0.2) is 0 Å². The van der Waals surface area contributed by atoms with Gasteiger partial charge in [-0.05, 0) is 43.7 Å². The van der Waals surface area contributed by atoms with E-state index < -0.39 is 23.3 Å². The molecule has 0 saturated carbocycles. The van der Waals surface area contributed by atoms with Crippen LogP contribution in [0.1, 0.15) is 65.2 Å². The molecular formula is C21H30N2O3. The van der Waals surface area contributed by atoms with Gasteiger partial charge in [-0.1, -0.05) is 46.8 Å². The summed E-state index contributed by atoms with van der Waals surface area (Å²) < 4.78 is 0. The summed E-state index contributed by atoms with van der Waals surface area (Å²) in [5.74, 6) is -1.54. The summed E-state index contributed by atoms with van der Waals surface area (Å²) in [6.45, 7) is 14.1. The van der Waals surface area contributed by atoms with Crippen LogP contribution in [0, 0.1) is 11.3 Å². The van der Waals surface area contributed by atoms with Crippen LogP contribution in [-0.4, -0.2) is 29.2 Å². The number of nitrogens with one attached hydrogen (secondary N) is 1. The van der Waals surface area contributed by atoms with E-state index in [1.54, 1.807) is 24.3 Å². The molecular weight excluding hydrogens is 328 g/mol. The number of ketones is 1. The van der Waals surface area contributed by atoms with Gasteiger partial charge in [0.05, 0.1) is 11.3 Å². The summed E-state index contributed by atoms with van der Waals surface area (Å²) in [6, 6.07) is 6.13. The molecule has 2 amide bonds. The third-order valence-electron chi connectivity index (χ3n) is 4.43. The van der Waals surface area contributed by atoms with Crippen LogP contribution in [0.3, 0.4) is 0 Å². The number of amides is 2. The fourth-order valence-electron chi connectivity index (χ4n) is 3.98. The number of Topliss-reactive ketones (excluding diaryl/α,β-unsaturated/α-hetero) is 1. The van der Waals surface area contributed by atoms with Crippen molar-refractivity contribution in [1.82, 2.24) is 5.32 Å². The lowest BCUT2D eigenvalue weighted by molar-refractivity contribution is -0.127. The summed E-state index contributed by atoms with van der Waals surface area (Å²) >= 11 is 0. The molecule has 0 spiro atoms. The molecule has 1 aliphatic heterocycles. The molecule has 0 aromatic heterocycles. The molecule has 0 aliphatic carbocycles. The molecule has 1 unspecified atom stereocenters. The Hall–Kier alpha value is -2.17. The Bertz CT molecular complexity index is 729. The highest BCUT2D eigenvalue weighted by Gasteiger charge is 2.44. The van der Waals surface area contributed by atoms with E-state index in [9.17, 15) is 14.4 Å². The van der Waals surface area contributed by atoms with Gasteiger partial charge in [0, 0.05) is 5.54 Å². The predicted molar refractivity (Wildman–Crippen MR) is 103 cm³/mol. The molecule has 1 aliphatic rings. The highest BCUT2D eigenvalue weighted by atomic mass is 16.2. The van der Waals surface area contributed by atoms with E-state index in [1.807, 2.05) is 27.7 Å². The van der Waals surface area contributed by atoms with Crippen LogP contribution in [0.15, 0.2) is 24.3 Å². The van der Waals surface area contributed by atoms with Crippen molar-refractivity contribution in [3.05, 3.63) is 29.8 Å². The van der Waals surface area contributed by atoms with Crippen molar-refractivity contribution >= 4 is 23.3 Å². The largest absolute Gasteiger partial charge is 0.349 e. The quantitative estimate of drug-likeness (QED) is 0.818. The van der Waals surface area contributed by atoms with E-state index >= 15 is 0 Å². The number of nitrogens with zero attached hydrogens (tertiary/aromatic N) is 1. The fraction of sp³-hybridized carbons (Fsp3) is 0.571. The molecule has 2 rings (SSSR count). The van der Waals surface area contributed by atoms with Crippen molar-refractivity contribution < 1.29 is 14.4 Å². The molecule has 0 radical (unpaired) electrons. The first kappa shape index (κ1) is 20.1. The van der Waals surface area contributed by atoms with Crippen molar-refractivity contribution in [2.75, 3.05) is 4.90 Å². The molecule has 0 bridgehead atoms. The molecule has 142 valence electrons. The Morgan fingerprint density at radius 3 is 2.19 bits per heavy atom. The smallest absolute Gasteiger partial charge is 0.300 e. The Balaban J connectivity index is 2.34. The van der Waals surface area contributed by atoms with Gasteiger partial charge >= 0.3 is 0 Å². The lowest BCUT2D eigenvalue weighted by atomic mass is 9.81. The van der Waals surface area contributed by atoms with Gasteiger partial charge < -0.3 is 5.32 Å². The normalized spacial score (nSPS) is 16.1. The van der Waals surface area contributed by atoms with Crippen molar-refractivity contribution in [2.24, 2.45) is 11.3 Å². The van der Waals surface area contributed by atoms with Crippen LogP contribution in [0.2, 0.25) is 0 Å². The molecule has 5 nitrogen and oxygen atoms in total. The summed E-state index contributed by atoms with van der Waals surface area (Å²) in [5.41, 5.74) is 0.514. The van der Waals surface area contributed by atoms with Crippen LogP contribution in [-0.2, 0) is 9.59 Å². The van der Waals surface area contributed by atoms with E-state index in [4.69, 9.17) is 0 Å². The molecule has 1 N–H and O–H groups in total. The standard InChI is InChI=1S/C21H30N2O3/c1-13(2)16(18(25)22-21(6,7)12-20(3,4)5)23-15-11-9-8-10-14(15)17(24)19(23)26/h8-11,13,16H,12H2,1-7H3,(H,22,25). The number of benzene rings is 1. The second-order valence-corrected chi connectivity index (χ2v) is 9.32. The van der Waals surface area contributed by atoms with Gasteiger partial charge in [0.2, 0.25) is 5.91 Å². The first-order valence-electron chi connectivity index (χ1n) is 9.13. The highest BCUT2D eigenvalue weighted by Crippen LogP contribution is 2.33. The van der Waals surface area contributed by atoms with Gasteiger partial charge in [-0.25, -0.2) is 0 Å². The molecule has 1 atom stereocenters. The van der Waals surface area contributed by atoms with Crippen LogP contribution in [0.4, 0.5) is 5.69 Å². The summed E-state index contributed by atoms with van der Waals surface area (Å²) in [7, 11) is 0. The van der Waals surface area contributed by atoms with Crippen LogP contribution < -0.4 is 10.2 Å². The Kier molecular flexibility index (Phi) is 5.31. The second-order valence-electron chi connectivity index (χ2n) is 9.32. The molecule has 1 aromatic rings. The fourth-order valence-corrected chi connectivity index (χ4v) is 3.98. The van der Waals surface area contributed by atoms with Crippen molar-refractivity contribution in [2.45, 2.75) is 66.5 Å². The maximum atomic E-state index is 13.1. The predicted octanol–water partition coefficient (Wildman–Crippen LogP) is 3.57. The Morgan fingerprint density at radius 2 is 1.65 bits per heavy atom. The van der Waals surface area contributed by atoms with Crippen LogP contribution in [0.25, 0.3) is 0 Å². The SMILES string of the molecule is CC(C)C(C(=O)NC(C)(C)CC(C)(C)C)N1C(=O)C(=O)c2ccccc21. The minimum atomic E-state index is -0.727. The van der Waals surface area contributed by atoms with Crippen molar-refractivity contribution in [3.8, 4) is 0 Å². The zero-order chi connectivity index (χ0) is 19.9. The topological polar surface area (TPSA) is 66.5 Å². The summed E-state index contributed by atoms with van der Waals surface area (Å²) in [6.07, 6.45) is 0.792. The molecule has 26 heavy (non-hydrogen) atoms. The molecule has 1 aromatic carbocycles. The van der Waals surface area contributed by atoms with Gasteiger partial charge in [0.1, 0.15) is 6.04 Å². The van der Waals surface area contributed by atoms with E-state index in [0.29, 0.717) is 11.3 Å². The van der Waals surface area contributed by atoms with Gasteiger partial charge in [0.25, 0.3) is 11.7 Å². The lowest BCUT2D eigenvalue weighted by Crippen LogP contribution is -2.57. The van der Waals surface area contributed by atoms with Crippen LogP contribution >= 0.6 is 0 Å². The summed E-state index contributed by atoms with van der Waals surface area (Å²) in [4.78, 5) is 39.4. The number of carbonyl (C=O) groups is 3. The minimum Gasteiger partial charge on any atom is -0.349 e. The molecule has 1 heterocycles. The van der Waals surface area contributed by atoms with E-state index in [0.717, 1.165) is 6.42 Å². The molecule has 5 heteroatoms. The maximum Gasteiger partial charge on any atom is 0.300 e. The van der Waals surface area contributed by atoms with Gasteiger partial charge in [-0.2, -0.15) is 0 Å². The van der Waals surface area contributed by atoms with Crippen molar-refractivity contribution in [1.29, 1.82) is 0 Å². The number of fused-ring (bicyclic) bond motifs is 1. The first-order chi connectivity index (χ1) is 11.8. The first-order valence-corrected chi connectivity index (χ1v) is 9.13. The zero-order valence-corrected chi connectivity index (χ0v) is 16.8. The average molecular weight is 358 g/mol. The molecule has 0 fully saturated rings. The average Bonchev–Trinajstić information content (AvgIpc) is 2.70. The Morgan fingerprint density at radius 1 is 1.08 bits per heavy atom. The Labute approximate surface area is 156 Å². The monoisotopic (exact) mass is 358 g/mol.